The lowest BCUT2D eigenvalue weighted by atomic mass is 10.1. The number of carboxylic acid groups (broad SMARTS) is 1. The number of nitro groups is 1. The molecule has 0 radical (unpaired) electrons. The zero-order chi connectivity index (χ0) is 29.7. The quantitative estimate of drug-likeness (QED) is 0.143. The number of anilines is 1. The fourth-order valence-electron chi connectivity index (χ4n) is 4.13. The first kappa shape index (κ1) is 29.3. The van der Waals surface area contributed by atoms with E-state index in [2.05, 4.69) is 0 Å². The molecule has 0 unspecified atom stereocenters. The molecule has 4 aromatic rings. The summed E-state index contributed by atoms with van der Waals surface area (Å²) < 4.78 is 39.3. The summed E-state index contributed by atoms with van der Waals surface area (Å²) in [6.07, 6.45) is -1.11. The summed E-state index contributed by atoms with van der Waals surface area (Å²) in [6.45, 7) is 3.30. The Morgan fingerprint density at radius 3 is 2.39 bits per heavy atom. The van der Waals surface area contributed by atoms with Crippen LogP contribution < -0.4 is 14.4 Å². The minimum atomic E-state index is -1.14. The van der Waals surface area contributed by atoms with Crippen molar-refractivity contribution in [2.75, 3.05) is 4.90 Å². The minimum absolute atomic E-state index is 0.0364. The highest BCUT2D eigenvalue weighted by Gasteiger charge is 2.20. The van der Waals surface area contributed by atoms with Crippen molar-refractivity contribution < 1.29 is 33.1 Å². The number of carboxylic acids is 1. The van der Waals surface area contributed by atoms with Crippen molar-refractivity contribution >= 4 is 28.9 Å². The summed E-state index contributed by atoms with van der Waals surface area (Å²) in [5.74, 6) is -1.56. The van der Waals surface area contributed by atoms with E-state index in [1.807, 2.05) is 0 Å². The van der Waals surface area contributed by atoms with Crippen LogP contribution in [0.2, 0.25) is 5.02 Å². The number of rotatable bonds is 11. The molecular weight excluding hydrogens is 558 g/mol. The van der Waals surface area contributed by atoms with E-state index in [0.717, 1.165) is 11.6 Å². The Balaban J connectivity index is 1.57. The number of carbonyl (C=O) groups is 1. The number of nitro benzene ring substituents is 1. The van der Waals surface area contributed by atoms with Gasteiger partial charge in [0.1, 0.15) is 28.9 Å². The topological polar surface area (TPSA) is 102 Å². The Morgan fingerprint density at radius 1 is 1.02 bits per heavy atom. The molecule has 0 aliphatic carbocycles. The summed E-state index contributed by atoms with van der Waals surface area (Å²) >= 11 is 6.12. The van der Waals surface area contributed by atoms with Crippen LogP contribution in [-0.2, 0) is 17.9 Å². The van der Waals surface area contributed by atoms with E-state index in [-0.39, 0.29) is 35.1 Å². The molecule has 0 saturated heterocycles. The number of aliphatic carboxylic acids is 1. The van der Waals surface area contributed by atoms with Gasteiger partial charge in [-0.05, 0) is 55.8 Å². The molecule has 4 rings (SSSR count). The van der Waals surface area contributed by atoms with Crippen molar-refractivity contribution in [1.82, 2.24) is 0 Å². The van der Waals surface area contributed by atoms with Crippen LogP contribution >= 0.6 is 11.6 Å². The van der Waals surface area contributed by atoms with E-state index >= 15 is 0 Å². The lowest BCUT2D eigenvalue weighted by molar-refractivity contribution is -0.385. The predicted octanol–water partition coefficient (Wildman–Crippen LogP) is 7.69. The van der Waals surface area contributed by atoms with Crippen LogP contribution in [0.3, 0.4) is 0 Å². The van der Waals surface area contributed by atoms with Gasteiger partial charge in [-0.15, -0.1) is 0 Å². The van der Waals surface area contributed by atoms with Crippen LogP contribution in [0, 0.1) is 28.7 Å². The average molecular weight is 583 g/mol. The SMILES string of the molecule is Cc1c(N(Cc2ccc(Oc3ccc(Cl)c(O[C@H](C)C(=O)O)c3)cc2)Cc2ccc(F)cc2F)cccc1[N+](=O)[O-]. The van der Waals surface area contributed by atoms with Gasteiger partial charge in [0.05, 0.1) is 15.5 Å². The fourth-order valence-corrected chi connectivity index (χ4v) is 4.29. The van der Waals surface area contributed by atoms with Crippen LogP contribution in [0.1, 0.15) is 23.6 Å². The molecule has 4 aromatic carbocycles. The van der Waals surface area contributed by atoms with E-state index in [4.69, 9.17) is 26.2 Å². The van der Waals surface area contributed by atoms with E-state index in [9.17, 15) is 23.7 Å². The molecule has 0 aromatic heterocycles. The van der Waals surface area contributed by atoms with Gasteiger partial charge in [-0.3, -0.25) is 10.1 Å². The second kappa shape index (κ2) is 12.6. The summed E-state index contributed by atoms with van der Waals surface area (Å²) in [4.78, 5) is 24.0. The third kappa shape index (κ3) is 7.29. The van der Waals surface area contributed by atoms with Crippen molar-refractivity contribution in [3.63, 3.8) is 0 Å². The first-order valence-electron chi connectivity index (χ1n) is 12.4. The molecule has 0 spiro atoms. The van der Waals surface area contributed by atoms with Crippen LogP contribution in [0.5, 0.6) is 17.2 Å². The third-order valence-corrected chi connectivity index (χ3v) is 6.59. The van der Waals surface area contributed by atoms with E-state index < -0.39 is 28.6 Å². The molecule has 1 atom stereocenters. The average Bonchev–Trinajstić information content (AvgIpc) is 2.92. The summed E-state index contributed by atoms with van der Waals surface area (Å²) in [6, 6.07) is 19.6. The second-order valence-corrected chi connectivity index (χ2v) is 9.61. The molecule has 11 heteroatoms. The molecular formula is C30H25ClF2N2O6. The van der Waals surface area contributed by atoms with Gasteiger partial charge in [-0.2, -0.15) is 0 Å². The second-order valence-electron chi connectivity index (χ2n) is 9.21. The van der Waals surface area contributed by atoms with Gasteiger partial charge in [0.2, 0.25) is 0 Å². The van der Waals surface area contributed by atoms with Crippen molar-refractivity contribution in [3.05, 3.63) is 122 Å². The number of ether oxygens (including phenoxy) is 2. The zero-order valence-corrected chi connectivity index (χ0v) is 22.8. The summed E-state index contributed by atoms with van der Waals surface area (Å²) in [7, 11) is 0. The fraction of sp³-hybridized carbons (Fsp3) is 0.167. The number of benzene rings is 4. The lowest BCUT2D eigenvalue weighted by Crippen LogP contribution is -2.24. The number of nitrogens with zero attached hydrogens (tertiary/aromatic N) is 2. The Labute approximate surface area is 239 Å². The maximum Gasteiger partial charge on any atom is 0.344 e. The minimum Gasteiger partial charge on any atom is -0.479 e. The van der Waals surface area contributed by atoms with Gasteiger partial charge < -0.3 is 19.5 Å². The Morgan fingerprint density at radius 2 is 1.73 bits per heavy atom. The Hall–Kier alpha value is -4.70. The molecule has 0 aliphatic rings. The highest BCUT2D eigenvalue weighted by molar-refractivity contribution is 6.32. The molecule has 0 bridgehead atoms. The lowest BCUT2D eigenvalue weighted by Gasteiger charge is -2.27. The normalized spacial score (nSPS) is 11.5. The maximum atomic E-state index is 14.6. The molecule has 8 nitrogen and oxygen atoms in total. The largest absolute Gasteiger partial charge is 0.479 e. The maximum absolute atomic E-state index is 14.6. The first-order chi connectivity index (χ1) is 19.5. The summed E-state index contributed by atoms with van der Waals surface area (Å²) in [5.41, 5.74) is 1.90. The monoisotopic (exact) mass is 582 g/mol. The predicted molar refractivity (Wildman–Crippen MR) is 150 cm³/mol. The standard InChI is InChI=1S/C30H25ClF2N2O6/c1-18-27(4-3-5-28(18)35(38)39)34(17-21-8-9-22(32)14-26(21)33)16-20-6-10-23(11-7-20)41-24-12-13-25(31)29(15-24)40-19(2)30(36)37/h3-15,19H,16-17H2,1-2H3,(H,36,37)/t19-/m1/s1. The zero-order valence-electron chi connectivity index (χ0n) is 22.0. The molecule has 41 heavy (non-hydrogen) atoms. The van der Waals surface area contributed by atoms with Gasteiger partial charge in [0, 0.05) is 42.5 Å². The molecule has 1 N–H and O–H groups in total. The van der Waals surface area contributed by atoms with Crippen LogP contribution in [0.15, 0.2) is 78.9 Å². The molecule has 0 saturated carbocycles. The van der Waals surface area contributed by atoms with Crippen LogP contribution in [0.25, 0.3) is 0 Å². The molecule has 0 amide bonds. The Kier molecular flexibility index (Phi) is 9.04. The highest BCUT2D eigenvalue weighted by atomic mass is 35.5. The molecule has 212 valence electrons. The highest BCUT2D eigenvalue weighted by Crippen LogP contribution is 2.34. The van der Waals surface area contributed by atoms with Crippen molar-refractivity contribution in [1.29, 1.82) is 0 Å². The van der Waals surface area contributed by atoms with Crippen LogP contribution in [0.4, 0.5) is 20.2 Å². The van der Waals surface area contributed by atoms with E-state index in [0.29, 0.717) is 22.7 Å². The number of hydrogen-bond donors (Lipinski definition) is 1. The van der Waals surface area contributed by atoms with Crippen LogP contribution in [-0.4, -0.2) is 22.1 Å². The van der Waals surface area contributed by atoms with Gasteiger partial charge in [0.25, 0.3) is 5.69 Å². The molecule has 0 fully saturated rings. The van der Waals surface area contributed by atoms with Crippen molar-refractivity contribution in [2.24, 2.45) is 0 Å². The number of hydrogen-bond acceptors (Lipinski definition) is 6. The molecule has 0 heterocycles. The van der Waals surface area contributed by atoms with Crippen molar-refractivity contribution in [3.8, 4) is 17.2 Å². The van der Waals surface area contributed by atoms with Gasteiger partial charge in [-0.1, -0.05) is 35.9 Å². The van der Waals surface area contributed by atoms with Crippen molar-refractivity contribution in [2.45, 2.75) is 33.0 Å². The van der Waals surface area contributed by atoms with Gasteiger partial charge in [0.15, 0.2) is 6.10 Å². The first-order valence-corrected chi connectivity index (χ1v) is 12.8. The smallest absolute Gasteiger partial charge is 0.344 e. The number of halogens is 3. The molecule has 0 aliphatic heterocycles. The van der Waals surface area contributed by atoms with Gasteiger partial charge >= 0.3 is 5.97 Å². The van der Waals surface area contributed by atoms with Gasteiger partial charge in [-0.25, -0.2) is 13.6 Å². The van der Waals surface area contributed by atoms with E-state index in [1.54, 1.807) is 54.3 Å². The Bertz CT molecular complexity index is 1580. The summed E-state index contributed by atoms with van der Waals surface area (Å²) in [5, 5.41) is 20.9. The van der Waals surface area contributed by atoms with E-state index in [1.165, 1.54) is 37.3 Å². The third-order valence-electron chi connectivity index (χ3n) is 6.28.